The highest BCUT2D eigenvalue weighted by molar-refractivity contribution is 7.19. The fraction of sp³-hybridized carbons (Fsp3) is 0.643. The van der Waals surface area contributed by atoms with E-state index in [0.717, 1.165) is 24.5 Å². The molecule has 0 saturated carbocycles. The number of nitrogens with two attached hydrogens (primary N) is 1. The van der Waals surface area contributed by atoms with Gasteiger partial charge in [-0.1, -0.05) is 6.92 Å². The number of carbonyl (C=O) groups excluding carboxylic acids is 1. The summed E-state index contributed by atoms with van der Waals surface area (Å²) >= 11 is 1.32. The first-order valence-electron chi connectivity index (χ1n) is 7.12. The monoisotopic (exact) mass is 314 g/mol. The van der Waals surface area contributed by atoms with Crippen LogP contribution in [0, 0.1) is 0 Å². The average Bonchev–Trinajstić information content (AvgIpc) is 2.84. The van der Waals surface area contributed by atoms with Crippen molar-refractivity contribution >= 4 is 28.0 Å². The molecule has 1 atom stereocenters. The third kappa shape index (κ3) is 3.24. The molecule has 1 aliphatic rings. The first-order chi connectivity index (χ1) is 10.1. The molecule has 1 aromatic heterocycles. The Morgan fingerprint density at radius 1 is 1.52 bits per heavy atom. The number of nitrogens with zero attached hydrogens (tertiary/aromatic N) is 1. The van der Waals surface area contributed by atoms with E-state index in [4.69, 9.17) is 19.9 Å². The Hall–Kier alpha value is -1.47. The summed E-state index contributed by atoms with van der Waals surface area (Å²) in [5, 5.41) is 0.875. The molecule has 1 saturated heterocycles. The van der Waals surface area contributed by atoms with Crippen LogP contribution in [0.2, 0.25) is 0 Å². The lowest BCUT2D eigenvalue weighted by Gasteiger charge is -2.33. The van der Waals surface area contributed by atoms with Gasteiger partial charge in [0.25, 0.3) is 0 Å². The minimum Gasteiger partial charge on any atom is -0.492 e. The SMILES string of the molecule is CCOC(=O)c1sc(N2CCOC(CC)C2)c(OC)c1N. The summed E-state index contributed by atoms with van der Waals surface area (Å²) in [6, 6.07) is 0. The first kappa shape index (κ1) is 15.9. The van der Waals surface area contributed by atoms with E-state index in [1.165, 1.54) is 11.3 Å². The van der Waals surface area contributed by atoms with Crippen LogP contribution in [0.3, 0.4) is 0 Å². The van der Waals surface area contributed by atoms with Crippen molar-refractivity contribution in [2.45, 2.75) is 26.4 Å². The molecule has 0 aliphatic carbocycles. The highest BCUT2D eigenvalue weighted by atomic mass is 32.1. The van der Waals surface area contributed by atoms with E-state index in [1.807, 2.05) is 0 Å². The van der Waals surface area contributed by atoms with Crippen LogP contribution in [0.5, 0.6) is 5.75 Å². The van der Waals surface area contributed by atoms with Crippen LogP contribution in [-0.4, -0.2) is 45.5 Å². The standard InChI is InChI=1S/C14H22N2O4S/c1-4-9-8-16(6-7-20-9)13-11(18-3)10(15)12(21-13)14(17)19-5-2/h9H,4-8,15H2,1-3H3. The lowest BCUT2D eigenvalue weighted by atomic mass is 10.2. The van der Waals surface area contributed by atoms with Crippen molar-refractivity contribution in [1.29, 1.82) is 0 Å². The molecule has 6 nitrogen and oxygen atoms in total. The van der Waals surface area contributed by atoms with Gasteiger partial charge in [0.15, 0.2) is 5.75 Å². The zero-order valence-electron chi connectivity index (χ0n) is 12.7. The molecule has 0 bridgehead atoms. The van der Waals surface area contributed by atoms with Crippen LogP contribution in [0.25, 0.3) is 0 Å². The molecular formula is C14H22N2O4S. The number of thiophene rings is 1. The molecule has 0 aromatic carbocycles. The summed E-state index contributed by atoms with van der Waals surface area (Å²) in [5.74, 6) is 0.157. The van der Waals surface area contributed by atoms with Crippen molar-refractivity contribution in [2.75, 3.05) is 44.0 Å². The normalized spacial score (nSPS) is 18.6. The van der Waals surface area contributed by atoms with Gasteiger partial charge in [0.1, 0.15) is 15.6 Å². The van der Waals surface area contributed by atoms with Gasteiger partial charge in [-0.2, -0.15) is 0 Å². The lowest BCUT2D eigenvalue weighted by molar-refractivity contribution is 0.0385. The zero-order chi connectivity index (χ0) is 15.4. The molecule has 1 aliphatic heterocycles. The van der Waals surface area contributed by atoms with E-state index in [0.29, 0.717) is 29.5 Å². The Balaban J connectivity index is 2.30. The molecule has 1 unspecified atom stereocenters. The summed E-state index contributed by atoms with van der Waals surface area (Å²) < 4.78 is 16.1. The van der Waals surface area contributed by atoms with Crippen LogP contribution in [0.4, 0.5) is 10.7 Å². The molecular weight excluding hydrogens is 292 g/mol. The quantitative estimate of drug-likeness (QED) is 0.839. The van der Waals surface area contributed by atoms with Gasteiger partial charge in [0, 0.05) is 13.1 Å². The molecule has 21 heavy (non-hydrogen) atoms. The molecule has 7 heteroatoms. The number of hydrogen-bond donors (Lipinski definition) is 1. The van der Waals surface area contributed by atoms with E-state index >= 15 is 0 Å². The van der Waals surface area contributed by atoms with Gasteiger partial charge in [-0.15, -0.1) is 11.3 Å². The maximum atomic E-state index is 12.0. The molecule has 1 fully saturated rings. The molecule has 0 radical (unpaired) electrons. The third-order valence-corrected chi connectivity index (χ3v) is 4.66. The predicted octanol–water partition coefficient (Wildman–Crippen LogP) is 2.13. The second-order valence-electron chi connectivity index (χ2n) is 4.75. The van der Waals surface area contributed by atoms with Crippen molar-refractivity contribution in [3.63, 3.8) is 0 Å². The number of rotatable bonds is 5. The Bertz CT molecular complexity index is 503. The van der Waals surface area contributed by atoms with E-state index in [9.17, 15) is 4.79 Å². The number of morpholine rings is 1. The second-order valence-corrected chi connectivity index (χ2v) is 5.75. The van der Waals surface area contributed by atoms with Crippen molar-refractivity contribution in [3.8, 4) is 5.75 Å². The van der Waals surface area contributed by atoms with E-state index in [-0.39, 0.29) is 6.10 Å². The Morgan fingerprint density at radius 3 is 2.90 bits per heavy atom. The first-order valence-corrected chi connectivity index (χ1v) is 7.93. The van der Waals surface area contributed by atoms with Gasteiger partial charge in [-0.25, -0.2) is 4.79 Å². The van der Waals surface area contributed by atoms with Crippen LogP contribution < -0.4 is 15.4 Å². The lowest BCUT2D eigenvalue weighted by Crippen LogP contribution is -2.42. The number of esters is 1. The fourth-order valence-corrected chi connectivity index (χ4v) is 3.44. The minimum absolute atomic E-state index is 0.192. The van der Waals surface area contributed by atoms with Gasteiger partial charge in [0.2, 0.25) is 0 Å². The van der Waals surface area contributed by atoms with Gasteiger partial charge >= 0.3 is 5.97 Å². The molecule has 118 valence electrons. The zero-order valence-corrected chi connectivity index (χ0v) is 13.5. The molecule has 0 spiro atoms. The molecule has 1 aromatic rings. The average molecular weight is 314 g/mol. The summed E-state index contributed by atoms with van der Waals surface area (Å²) in [5.41, 5.74) is 6.40. The number of anilines is 2. The number of hydrogen-bond acceptors (Lipinski definition) is 7. The predicted molar refractivity (Wildman–Crippen MR) is 83.5 cm³/mol. The van der Waals surface area contributed by atoms with Crippen LogP contribution in [0.1, 0.15) is 29.9 Å². The summed E-state index contributed by atoms with van der Waals surface area (Å²) in [6.45, 7) is 6.38. The highest BCUT2D eigenvalue weighted by Gasteiger charge is 2.28. The fourth-order valence-electron chi connectivity index (χ4n) is 2.32. The number of nitrogen functional groups attached to an aromatic ring is 1. The summed E-state index contributed by atoms with van der Waals surface area (Å²) in [4.78, 5) is 14.5. The topological polar surface area (TPSA) is 74.0 Å². The molecule has 2 N–H and O–H groups in total. The van der Waals surface area contributed by atoms with Crippen LogP contribution in [-0.2, 0) is 9.47 Å². The number of methoxy groups -OCH3 is 1. The van der Waals surface area contributed by atoms with E-state index in [1.54, 1.807) is 14.0 Å². The maximum Gasteiger partial charge on any atom is 0.350 e. The molecule has 2 heterocycles. The number of ether oxygens (including phenoxy) is 3. The Kier molecular flexibility index (Phi) is 5.30. The summed E-state index contributed by atoms with van der Waals surface area (Å²) in [6.07, 6.45) is 1.14. The van der Waals surface area contributed by atoms with Crippen molar-refractivity contribution in [1.82, 2.24) is 0 Å². The second kappa shape index (κ2) is 7.00. The van der Waals surface area contributed by atoms with Crippen LogP contribution >= 0.6 is 11.3 Å². The van der Waals surface area contributed by atoms with Crippen LogP contribution in [0.15, 0.2) is 0 Å². The number of carbonyl (C=O) groups is 1. The van der Waals surface area contributed by atoms with E-state index < -0.39 is 5.97 Å². The van der Waals surface area contributed by atoms with Crippen molar-refractivity contribution in [2.24, 2.45) is 0 Å². The molecule has 0 amide bonds. The molecule has 2 rings (SSSR count). The largest absolute Gasteiger partial charge is 0.492 e. The highest BCUT2D eigenvalue weighted by Crippen LogP contribution is 2.45. The summed E-state index contributed by atoms with van der Waals surface area (Å²) in [7, 11) is 1.56. The smallest absolute Gasteiger partial charge is 0.350 e. The Labute approximate surface area is 128 Å². The minimum atomic E-state index is -0.398. The maximum absolute atomic E-state index is 12.0. The van der Waals surface area contributed by atoms with Gasteiger partial charge in [-0.05, 0) is 13.3 Å². The van der Waals surface area contributed by atoms with Gasteiger partial charge in [-0.3, -0.25) is 0 Å². The van der Waals surface area contributed by atoms with Gasteiger partial charge < -0.3 is 24.8 Å². The van der Waals surface area contributed by atoms with Gasteiger partial charge in [0.05, 0.1) is 26.4 Å². The van der Waals surface area contributed by atoms with Crippen molar-refractivity contribution in [3.05, 3.63) is 4.88 Å². The third-order valence-electron chi connectivity index (χ3n) is 3.43. The Morgan fingerprint density at radius 2 is 2.29 bits per heavy atom. The van der Waals surface area contributed by atoms with Crippen molar-refractivity contribution < 1.29 is 19.0 Å². The van der Waals surface area contributed by atoms with E-state index in [2.05, 4.69) is 11.8 Å².